The Morgan fingerprint density at radius 1 is 0.949 bits per heavy atom. The van der Waals surface area contributed by atoms with E-state index in [1.54, 1.807) is 93.7 Å². The monoisotopic (exact) mass is 869 g/mol. The molecule has 0 aliphatic heterocycles. The molecule has 0 saturated heterocycles. The molecule has 4 rings (SSSR count). The molecule has 0 saturated carbocycles. The van der Waals surface area contributed by atoms with E-state index in [2.05, 4.69) is 30.1 Å². The number of amides is 2. The summed E-state index contributed by atoms with van der Waals surface area (Å²) >= 11 is 1.20. The number of aromatic nitrogens is 1. The SMILES string of the molecule is CCC(C)[C@H](NC(=O)[C@@H](Cc1ccccc1)NS(=O)(=O)Cc1ccccc1)C(=O)N[C@@H](CCCN=C(N)NS(=O)(=O)c1c(C)cc(OC)c(C)c1C)C(O)c1nccs1. The van der Waals surface area contributed by atoms with E-state index in [1.807, 2.05) is 13.0 Å². The van der Waals surface area contributed by atoms with Crippen LogP contribution in [0.5, 0.6) is 5.75 Å². The fourth-order valence-corrected chi connectivity index (χ4v) is 10.1. The Bertz CT molecular complexity index is 2260. The number of nitrogens with zero attached hydrogens (tertiary/aromatic N) is 2. The van der Waals surface area contributed by atoms with Crippen LogP contribution in [0.15, 0.2) is 88.2 Å². The summed E-state index contributed by atoms with van der Waals surface area (Å²) in [6, 6.07) is 15.9. The predicted octanol–water partition coefficient (Wildman–Crippen LogP) is 3.93. The van der Waals surface area contributed by atoms with Gasteiger partial charge in [0.2, 0.25) is 27.8 Å². The second-order valence-corrected chi connectivity index (χ2v) is 18.7. The van der Waals surface area contributed by atoms with E-state index >= 15 is 0 Å². The Labute approximate surface area is 351 Å². The summed E-state index contributed by atoms with van der Waals surface area (Å²) in [6.45, 7) is 8.80. The van der Waals surface area contributed by atoms with E-state index in [9.17, 15) is 31.5 Å². The van der Waals surface area contributed by atoms with Gasteiger partial charge in [-0.25, -0.2) is 31.3 Å². The van der Waals surface area contributed by atoms with Gasteiger partial charge in [0.25, 0.3) is 10.0 Å². The molecule has 5 atom stereocenters. The highest BCUT2D eigenvalue weighted by atomic mass is 32.2. The van der Waals surface area contributed by atoms with Gasteiger partial charge in [0.05, 0.1) is 23.8 Å². The third kappa shape index (κ3) is 13.3. The number of aliphatic hydroxyl groups excluding tert-OH is 1. The predicted molar refractivity (Wildman–Crippen MR) is 230 cm³/mol. The minimum atomic E-state index is -4.10. The van der Waals surface area contributed by atoms with Gasteiger partial charge in [0.15, 0.2) is 0 Å². The number of nitrogens with two attached hydrogens (primary N) is 1. The van der Waals surface area contributed by atoms with Crippen LogP contribution in [0.1, 0.15) is 72.0 Å². The van der Waals surface area contributed by atoms with Crippen LogP contribution in [0, 0.1) is 26.7 Å². The molecule has 0 fully saturated rings. The highest BCUT2D eigenvalue weighted by Gasteiger charge is 2.34. The van der Waals surface area contributed by atoms with Crippen LogP contribution in [-0.2, 0) is 41.8 Å². The number of aliphatic imine (C=N–C) groups is 1. The fraction of sp³-hybridized carbons (Fsp3) is 0.415. The van der Waals surface area contributed by atoms with Crippen LogP contribution < -0.4 is 30.5 Å². The average Bonchev–Trinajstić information content (AvgIpc) is 3.74. The van der Waals surface area contributed by atoms with Crippen LogP contribution in [0.25, 0.3) is 0 Å². The number of nitrogens with one attached hydrogen (secondary N) is 4. The average molecular weight is 870 g/mol. The number of guanidine groups is 1. The molecule has 3 aromatic carbocycles. The van der Waals surface area contributed by atoms with Crippen LogP contribution in [-0.4, -0.2) is 76.5 Å². The lowest BCUT2D eigenvalue weighted by atomic mass is 9.96. The van der Waals surface area contributed by atoms with Gasteiger partial charge < -0.3 is 26.2 Å². The Morgan fingerprint density at radius 2 is 1.59 bits per heavy atom. The number of carbonyl (C=O) groups is 2. The van der Waals surface area contributed by atoms with E-state index in [0.29, 0.717) is 45.0 Å². The molecule has 320 valence electrons. The Kier molecular flexibility index (Phi) is 17.0. The molecule has 4 aromatic rings. The zero-order valence-electron chi connectivity index (χ0n) is 34.1. The van der Waals surface area contributed by atoms with Gasteiger partial charge in [-0.2, -0.15) is 0 Å². The van der Waals surface area contributed by atoms with Gasteiger partial charge in [0, 0.05) is 18.1 Å². The maximum atomic E-state index is 14.1. The van der Waals surface area contributed by atoms with Crippen molar-refractivity contribution in [1.29, 1.82) is 0 Å². The van der Waals surface area contributed by atoms with Crippen molar-refractivity contribution >= 4 is 49.2 Å². The minimum Gasteiger partial charge on any atom is -0.496 e. The first-order valence-electron chi connectivity index (χ1n) is 19.2. The molecule has 2 amide bonds. The maximum absolute atomic E-state index is 14.1. The van der Waals surface area contributed by atoms with Crippen LogP contribution in [0.3, 0.4) is 0 Å². The number of thiazole rings is 1. The first-order valence-corrected chi connectivity index (χ1v) is 23.2. The number of hydrogen-bond donors (Lipinski definition) is 6. The quantitative estimate of drug-likeness (QED) is 0.0402. The van der Waals surface area contributed by atoms with Crippen molar-refractivity contribution in [3.8, 4) is 5.75 Å². The van der Waals surface area contributed by atoms with Crippen molar-refractivity contribution in [2.24, 2.45) is 16.6 Å². The normalized spacial score (nSPS) is 14.7. The molecule has 7 N–H and O–H groups in total. The molecule has 2 unspecified atom stereocenters. The number of rotatable bonds is 21. The summed E-state index contributed by atoms with van der Waals surface area (Å²) in [5, 5.41) is 19.1. The number of ether oxygens (including phenoxy) is 1. The molecular weight excluding hydrogens is 815 g/mol. The largest absolute Gasteiger partial charge is 0.496 e. The van der Waals surface area contributed by atoms with E-state index in [4.69, 9.17) is 10.5 Å². The minimum absolute atomic E-state index is 0.0275. The summed E-state index contributed by atoms with van der Waals surface area (Å²) in [5.74, 6) is -1.78. The number of aryl methyl sites for hydroxylation is 1. The van der Waals surface area contributed by atoms with E-state index in [1.165, 1.54) is 24.6 Å². The van der Waals surface area contributed by atoms with Crippen molar-refractivity contribution in [2.75, 3.05) is 13.7 Å². The summed E-state index contributed by atoms with van der Waals surface area (Å²) in [7, 11) is -6.59. The number of hydrogen-bond acceptors (Lipinski definition) is 11. The zero-order valence-corrected chi connectivity index (χ0v) is 36.6. The smallest absolute Gasteiger partial charge is 0.264 e. The van der Waals surface area contributed by atoms with Crippen LogP contribution in [0.2, 0.25) is 0 Å². The molecule has 1 aromatic heterocycles. The summed E-state index contributed by atoms with van der Waals surface area (Å²) in [6.07, 6.45) is 1.24. The van der Waals surface area contributed by atoms with Crippen molar-refractivity contribution < 1.29 is 36.3 Å². The second-order valence-electron chi connectivity index (χ2n) is 14.4. The fourth-order valence-electron chi connectivity index (χ4n) is 6.56. The lowest BCUT2D eigenvalue weighted by molar-refractivity contribution is -0.132. The Hall–Kier alpha value is -4.88. The van der Waals surface area contributed by atoms with Gasteiger partial charge in [-0.05, 0) is 79.8 Å². The number of benzene rings is 3. The number of aliphatic hydroxyl groups is 1. The third-order valence-corrected chi connectivity index (χ3v) is 13.8. The lowest BCUT2D eigenvalue weighted by Crippen LogP contribution is -2.57. The number of sulfonamides is 2. The maximum Gasteiger partial charge on any atom is 0.264 e. The van der Waals surface area contributed by atoms with Gasteiger partial charge in [-0.1, -0.05) is 80.9 Å². The van der Waals surface area contributed by atoms with Gasteiger partial charge >= 0.3 is 0 Å². The van der Waals surface area contributed by atoms with Crippen molar-refractivity contribution in [3.63, 3.8) is 0 Å². The summed E-state index contributed by atoms with van der Waals surface area (Å²) in [4.78, 5) is 36.6. The van der Waals surface area contributed by atoms with E-state index in [-0.39, 0.29) is 42.4 Å². The summed E-state index contributed by atoms with van der Waals surface area (Å²) in [5.41, 5.74) is 8.95. The standard InChI is InChI=1S/C41H55N7O8S3/c1-7-26(2)35(46-38(50)33(24-30-15-10-8-11-16-30)47-58(52,53)25-31-17-12-9-13-18-31)39(51)45-32(36(49)40-43-21-22-57-40)19-14-20-44-41(42)48-59(54,55)37-27(3)23-34(56-6)28(4)29(37)5/h8-13,15-18,21-23,26,32-33,35-36,47,49H,7,14,19-20,24-25H2,1-6H3,(H,45,51)(H,46,50)(H3,42,44,48)/t26?,32-,33+,35-,36?/m0/s1. The topological polar surface area (TPSA) is 231 Å². The molecule has 0 spiro atoms. The molecule has 59 heavy (non-hydrogen) atoms. The first kappa shape index (κ1) is 46.8. The van der Waals surface area contributed by atoms with Gasteiger partial charge in [-0.3, -0.25) is 14.6 Å². The second kappa shape index (κ2) is 21.4. The van der Waals surface area contributed by atoms with Crippen LogP contribution >= 0.6 is 11.3 Å². The highest BCUT2D eigenvalue weighted by Crippen LogP contribution is 2.30. The molecule has 1 heterocycles. The molecular formula is C41H55N7O8S3. The van der Waals surface area contributed by atoms with E-state index in [0.717, 1.165) is 0 Å². The highest BCUT2D eigenvalue weighted by molar-refractivity contribution is 7.90. The van der Waals surface area contributed by atoms with Crippen LogP contribution in [0.4, 0.5) is 0 Å². The molecule has 0 aliphatic carbocycles. The zero-order chi connectivity index (χ0) is 43.3. The van der Waals surface area contributed by atoms with E-state index < -0.39 is 62.0 Å². The molecule has 18 heteroatoms. The first-order chi connectivity index (χ1) is 28.0. The Balaban J connectivity index is 1.50. The van der Waals surface area contributed by atoms with Crippen molar-refractivity contribution in [1.82, 2.24) is 25.1 Å². The number of methoxy groups -OCH3 is 1. The Morgan fingerprint density at radius 3 is 2.19 bits per heavy atom. The molecule has 15 nitrogen and oxygen atoms in total. The van der Waals surface area contributed by atoms with Crippen molar-refractivity contribution in [3.05, 3.63) is 111 Å². The lowest BCUT2D eigenvalue weighted by Gasteiger charge is -2.30. The molecule has 0 bridgehead atoms. The molecule has 0 aliphatic rings. The summed E-state index contributed by atoms with van der Waals surface area (Å²) < 4.78 is 63.7. The number of carbonyl (C=O) groups excluding carboxylic acids is 2. The molecule has 0 radical (unpaired) electrons. The van der Waals surface area contributed by atoms with Crippen molar-refractivity contribution in [2.45, 2.75) is 95.2 Å². The van der Waals surface area contributed by atoms with Gasteiger partial charge in [0.1, 0.15) is 28.9 Å². The third-order valence-electron chi connectivity index (χ3n) is 9.99. The van der Waals surface area contributed by atoms with Gasteiger partial charge in [-0.15, -0.1) is 11.3 Å².